The maximum atomic E-state index is 13.3. The van der Waals surface area contributed by atoms with Crippen molar-refractivity contribution in [3.8, 4) is 0 Å². The van der Waals surface area contributed by atoms with Crippen molar-refractivity contribution in [3.05, 3.63) is 69.2 Å². The quantitative estimate of drug-likeness (QED) is 0.209. The van der Waals surface area contributed by atoms with Gasteiger partial charge in [-0.3, -0.25) is 4.79 Å². The largest absolute Gasteiger partial charge is 0.456 e. The van der Waals surface area contributed by atoms with E-state index in [9.17, 15) is 9.59 Å². The minimum absolute atomic E-state index is 0.0558. The summed E-state index contributed by atoms with van der Waals surface area (Å²) in [6.45, 7) is 13.0. The van der Waals surface area contributed by atoms with Crippen LogP contribution in [0.25, 0.3) is 0 Å². The van der Waals surface area contributed by atoms with Crippen LogP contribution >= 0.6 is 15.9 Å². The molecule has 2 aromatic rings. The highest BCUT2D eigenvalue weighted by molar-refractivity contribution is 9.10. The van der Waals surface area contributed by atoms with E-state index in [0.717, 1.165) is 41.4 Å². The lowest BCUT2D eigenvalue weighted by atomic mass is 10.0. The fourth-order valence-electron chi connectivity index (χ4n) is 4.25. The lowest BCUT2D eigenvalue weighted by Crippen LogP contribution is -2.46. The van der Waals surface area contributed by atoms with Gasteiger partial charge in [0.25, 0.3) is 5.91 Å². The van der Waals surface area contributed by atoms with Crippen LogP contribution in [-0.2, 0) is 11.2 Å². The normalized spacial score (nSPS) is 12.9. The second-order valence-electron chi connectivity index (χ2n) is 10.2. The van der Waals surface area contributed by atoms with E-state index in [1.165, 1.54) is 0 Å². The first-order valence-electron chi connectivity index (χ1n) is 13.5. The Bertz CT molecular complexity index is 1010. The third kappa shape index (κ3) is 10.6. The second kappa shape index (κ2) is 15.9. The van der Waals surface area contributed by atoms with Gasteiger partial charge in [-0.05, 0) is 86.5 Å². The number of ether oxygens (including phenoxy) is 1. The molecule has 7 heteroatoms. The van der Waals surface area contributed by atoms with Crippen LogP contribution in [0.4, 0.5) is 0 Å². The third-order valence-electron chi connectivity index (χ3n) is 6.17. The predicted octanol–water partition coefficient (Wildman–Crippen LogP) is 5.75. The van der Waals surface area contributed by atoms with Gasteiger partial charge in [0.1, 0.15) is 6.10 Å². The molecule has 2 rings (SSSR count). The van der Waals surface area contributed by atoms with E-state index in [-0.39, 0.29) is 11.9 Å². The Hall–Kier alpha value is -2.22. The molecule has 2 aromatic carbocycles. The molecule has 37 heavy (non-hydrogen) atoms. The van der Waals surface area contributed by atoms with Crippen LogP contribution < -0.4 is 11.1 Å². The number of benzene rings is 2. The Morgan fingerprint density at radius 2 is 1.73 bits per heavy atom. The van der Waals surface area contributed by atoms with E-state index in [1.807, 2.05) is 42.2 Å². The van der Waals surface area contributed by atoms with E-state index >= 15 is 0 Å². The van der Waals surface area contributed by atoms with Crippen molar-refractivity contribution >= 4 is 27.8 Å². The molecule has 0 heterocycles. The molecule has 3 N–H and O–H groups in total. The first-order valence-corrected chi connectivity index (χ1v) is 14.3. The summed E-state index contributed by atoms with van der Waals surface area (Å²) in [4.78, 5) is 28.3. The van der Waals surface area contributed by atoms with Crippen LogP contribution in [0.3, 0.4) is 0 Å². The lowest BCUT2D eigenvalue weighted by Gasteiger charge is -2.25. The van der Waals surface area contributed by atoms with Crippen LogP contribution in [0.5, 0.6) is 0 Å². The monoisotopic (exact) mass is 573 g/mol. The maximum absolute atomic E-state index is 13.3. The van der Waals surface area contributed by atoms with E-state index < -0.39 is 12.1 Å². The van der Waals surface area contributed by atoms with Gasteiger partial charge < -0.3 is 20.7 Å². The molecule has 0 fully saturated rings. The summed E-state index contributed by atoms with van der Waals surface area (Å²) < 4.78 is 6.97. The number of nitrogens with zero attached hydrogens (tertiary/aromatic N) is 1. The van der Waals surface area contributed by atoms with E-state index in [1.54, 1.807) is 12.1 Å². The molecule has 0 saturated carbocycles. The molecule has 1 amide bonds. The van der Waals surface area contributed by atoms with Gasteiger partial charge in [0.05, 0.1) is 5.56 Å². The molecular weight excluding hydrogens is 530 g/mol. The predicted molar refractivity (Wildman–Crippen MR) is 155 cm³/mol. The molecule has 0 saturated heterocycles. The van der Waals surface area contributed by atoms with Crippen molar-refractivity contribution in [2.75, 3.05) is 26.2 Å². The van der Waals surface area contributed by atoms with Crippen molar-refractivity contribution in [1.82, 2.24) is 10.2 Å². The Kier molecular flexibility index (Phi) is 13.3. The summed E-state index contributed by atoms with van der Waals surface area (Å²) in [7, 11) is 0. The van der Waals surface area contributed by atoms with E-state index in [2.05, 4.69) is 48.9 Å². The highest BCUT2D eigenvalue weighted by Crippen LogP contribution is 2.17. The fourth-order valence-corrected chi connectivity index (χ4v) is 4.70. The van der Waals surface area contributed by atoms with E-state index in [4.69, 9.17) is 10.5 Å². The van der Waals surface area contributed by atoms with Gasteiger partial charge in [0.2, 0.25) is 0 Å². The summed E-state index contributed by atoms with van der Waals surface area (Å²) in [6.07, 6.45) is 2.84. The number of aryl methyl sites for hydroxylation is 1. The zero-order valence-corrected chi connectivity index (χ0v) is 24.6. The average Bonchev–Trinajstić information content (AvgIpc) is 2.84. The highest BCUT2D eigenvalue weighted by atomic mass is 79.9. The number of carbonyl (C=O) groups excluding carboxylic acids is 2. The van der Waals surface area contributed by atoms with Gasteiger partial charge in [0.15, 0.2) is 0 Å². The number of esters is 1. The van der Waals surface area contributed by atoms with Crippen LogP contribution in [0.15, 0.2) is 46.9 Å². The molecule has 2 atom stereocenters. The Balaban J connectivity index is 2.21. The number of nitrogens with one attached hydrogen (secondary N) is 1. The lowest BCUT2D eigenvalue weighted by molar-refractivity contribution is 0.0238. The number of nitrogens with two attached hydrogens (primary N) is 1. The number of carbonyl (C=O) groups is 2. The smallest absolute Gasteiger partial charge is 0.338 e. The third-order valence-corrected chi connectivity index (χ3v) is 6.67. The van der Waals surface area contributed by atoms with Crippen LogP contribution in [-0.4, -0.2) is 55.1 Å². The van der Waals surface area contributed by atoms with Gasteiger partial charge >= 0.3 is 5.97 Å². The molecule has 0 radical (unpaired) electrons. The molecule has 6 nitrogen and oxygen atoms in total. The number of halogens is 1. The van der Waals surface area contributed by atoms with Gasteiger partial charge in [-0.25, -0.2) is 4.79 Å². The van der Waals surface area contributed by atoms with Gasteiger partial charge in [0, 0.05) is 35.7 Å². The number of rotatable bonds is 15. The fraction of sp³-hybridized carbons (Fsp3) is 0.533. The number of amides is 1. The first-order chi connectivity index (χ1) is 17.6. The average molecular weight is 575 g/mol. The van der Waals surface area contributed by atoms with Gasteiger partial charge in [-0.15, -0.1) is 0 Å². The molecule has 0 aliphatic heterocycles. The van der Waals surface area contributed by atoms with Crippen molar-refractivity contribution in [1.29, 1.82) is 0 Å². The molecular formula is C30H44BrN3O3. The SMILES string of the molecule is CCCN(CCC)C(=O)c1cc(C)cc(C(=O)O[C@H](CNCCC(C)C)[C@@H](N)Cc2cccc(Br)c2)c1. The summed E-state index contributed by atoms with van der Waals surface area (Å²) in [5.41, 5.74) is 9.39. The zero-order valence-electron chi connectivity index (χ0n) is 23.1. The summed E-state index contributed by atoms with van der Waals surface area (Å²) in [6, 6.07) is 12.9. The molecule has 0 aromatic heterocycles. The van der Waals surface area contributed by atoms with Crippen LogP contribution in [0.2, 0.25) is 0 Å². The summed E-state index contributed by atoms with van der Waals surface area (Å²) >= 11 is 3.51. The molecule has 0 spiro atoms. The maximum Gasteiger partial charge on any atom is 0.338 e. The summed E-state index contributed by atoms with van der Waals surface area (Å²) in [5, 5.41) is 3.41. The molecule has 0 aliphatic rings. The molecule has 0 aliphatic carbocycles. The van der Waals surface area contributed by atoms with Crippen molar-refractivity contribution in [2.24, 2.45) is 11.7 Å². The molecule has 0 bridgehead atoms. The van der Waals surface area contributed by atoms with Gasteiger partial charge in [-0.2, -0.15) is 0 Å². The first kappa shape index (κ1) is 31.0. The minimum Gasteiger partial charge on any atom is -0.456 e. The topological polar surface area (TPSA) is 84.7 Å². The van der Waals surface area contributed by atoms with Gasteiger partial charge in [-0.1, -0.05) is 55.8 Å². The van der Waals surface area contributed by atoms with E-state index in [0.29, 0.717) is 43.1 Å². The standard InChI is InChI=1S/C30H44BrN3O3/c1-6-13-34(14-7-2)29(35)24-15-22(5)16-25(19-24)30(36)37-28(20-33-12-11-21(3)4)27(32)18-23-9-8-10-26(31)17-23/h8-10,15-17,19,21,27-28,33H,6-7,11-14,18,20,32H2,1-5H3/t27-,28+/m0/s1. The van der Waals surface area contributed by atoms with Crippen molar-refractivity contribution in [3.63, 3.8) is 0 Å². The number of hydrogen-bond acceptors (Lipinski definition) is 5. The Morgan fingerprint density at radius 3 is 2.35 bits per heavy atom. The minimum atomic E-state index is -0.519. The number of hydrogen-bond donors (Lipinski definition) is 2. The second-order valence-corrected chi connectivity index (χ2v) is 11.1. The van der Waals surface area contributed by atoms with Crippen LogP contribution in [0, 0.1) is 12.8 Å². The molecule has 0 unspecified atom stereocenters. The summed E-state index contributed by atoms with van der Waals surface area (Å²) in [5.74, 6) is 0.0578. The Morgan fingerprint density at radius 1 is 1.05 bits per heavy atom. The van der Waals surface area contributed by atoms with Crippen molar-refractivity contribution in [2.45, 2.75) is 72.4 Å². The van der Waals surface area contributed by atoms with Crippen LogP contribution in [0.1, 0.15) is 78.8 Å². The zero-order chi connectivity index (χ0) is 27.4. The van der Waals surface area contributed by atoms with Crippen molar-refractivity contribution < 1.29 is 14.3 Å². The Labute approximate surface area is 231 Å². The highest BCUT2D eigenvalue weighted by Gasteiger charge is 2.25. The molecule has 204 valence electrons.